The van der Waals surface area contributed by atoms with Crippen LogP contribution in [0.25, 0.3) is 0 Å². The van der Waals surface area contributed by atoms with Crippen LogP contribution in [0.1, 0.15) is 106 Å². The topological polar surface area (TPSA) is 40.5 Å². The van der Waals surface area contributed by atoms with Crippen LogP contribution >= 0.6 is 0 Å². The van der Waals surface area contributed by atoms with Crippen LogP contribution in [0.15, 0.2) is 12.7 Å². The van der Waals surface area contributed by atoms with Crippen molar-refractivity contribution >= 4 is 0 Å². The molecule has 182 valence electrons. The summed E-state index contributed by atoms with van der Waals surface area (Å²) in [5.74, 6) is 2.58. The molecule has 0 aromatic carbocycles. The number of allylic oxidation sites excluding steroid dienone is 1. The number of aliphatic hydroxyl groups excluding tert-OH is 2. The number of rotatable bonds is 2. The van der Waals surface area contributed by atoms with Crippen LogP contribution in [0, 0.1) is 56.2 Å². The van der Waals surface area contributed by atoms with Crippen LogP contribution in [-0.4, -0.2) is 22.9 Å². The van der Waals surface area contributed by atoms with Crippen molar-refractivity contribution in [2.45, 2.75) is 112 Å². The second kappa shape index (κ2) is 6.87. The predicted molar refractivity (Wildman–Crippen MR) is 132 cm³/mol. The van der Waals surface area contributed by atoms with Crippen molar-refractivity contribution in [1.82, 2.24) is 0 Å². The minimum Gasteiger partial charge on any atom is -0.396 e. The highest BCUT2D eigenvalue weighted by molar-refractivity contribution is 5.23. The highest BCUT2D eigenvalue weighted by Gasteiger charge is 2.73. The molecule has 5 aliphatic carbocycles. The van der Waals surface area contributed by atoms with E-state index in [1.54, 1.807) is 0 Å². The Bertz CT molecular complexity index is 788. The maximum absolute atomic E-state index is 10.9. The predicted octanol–water partition coefficient (Wildman–Crippen LogP) is 7.00. The highest BCUT2D eigenvalue weighted by Crippen LogP contribution is 2.80. The minimum absolute atomic E-state index is 0.0239. The van der Waals surface area contributed by atoms with Gasteiger partial charge in [-0.1, -0.05) is 47.6 Å². The van der Waals surface area contributed by atoms with Crippen molar-refractivity contribution in [1.29, 1.82) is 0 Å². The molecule has 10 unspecified atom stereocenters. The van der Waals surface area contributed by atoms with E-state index < -0.39 is 0 Å². The van der Waals surface area contributed by atoms with Crippen molar-refractivity contribution in [2.24, 2.45) is 56.2 Å². The van der Waals surface area contributed by atoms with Crippen LogP contribution in [-0.2, 0) is 0 Å². The van der Waals surface area contributed by atoms with Crippen molar-refractivity contribution in [3.05, 3.63) is 12.7 Å². The summed E-state index contributed by atoms with van der Waals surface area (Å²) in [6.07, 6.45) is 14.3. The van der Waals surface area contributed by atoms with Gasteiger partial charge in [-0.3, -0.25) is 0 Å². The van der Waals surface area contributed by atoms with Crippen LogP contribution in [0.3, 0.4) is 0 Å². The van der Waals surface area contributed by atoms with E-state index in [4.69, 9.17) is 0 Å². The second-order valence-corrected chi connectivity index (χ2v) is 14.6. The van der Waals surface area contributed by atoms with E-state index in [1.807, 2.05) is 0 Å². The van der Waals surface area contributed by atoms with Gasteiger partial charge in [0.2, 0.25) is 0 Å². The molecule has 32 heavy (non-hydrogen) atoms. The molecule has 0 radical (unpaired) electrons. The molecule has 2 nitrogen and oxygen atoms in total. The lowest BCUT2D eigenvalue weighted by Gasteiger charge is -2.74. The number of fused-ring (bicyclic) bond motifs is 7. The molecule has 5 saturated carbocycles. The monoisotopic (exact) mass is 442 g/mol. The SMILES string of the molecule is C=CC1CCC2(CO)CCC3(C)C(CCC4C5(C)CCC(O)C(C)(C)C5CCC43C)C12C. The van der Waals surface area contributed by atoms with Gasteiger partial charge in [-0.25, -0.2) is 0 Å². The largest absolute Gasteiger partial charge is 0.396 e. The lowest BCUT2D eigenvalue weighted by atomic mass is 9.30. The molecule has 0 heterocycles. The van der Waals surface area contributed by atoms with Gasteiger partial charge in [0.1, 0.15) is 0 Å². The Morgan fingerprint density at radius 3 is 2.06 bits per heavy atom. The summed E-state index contributed by atoms with van der Waals surface area (Å²) in [5, 5.41) is 21.6. The van der Waals surface area contributed by atoms with E-state index in [9.17, 15) is 10.2 Å². The van der Waals surface area contributed by atoms with Gasteiger partial charge in [-0.05, 0) is 120 Å². The zero-order chi connectivity index (χ0) is 23.4. The summed E-state index contributed by atoms with van der Waals surface area (Å²) in [5.41, 5.74) is 1.29. The van der Waals surface area contributed by atoms with Crippen molar-refractivity contribution in [3.8, 4) is 0 Å². The van der Waals surface area contributed by atoms with Crippen molar-refractivity contribution < 1.29 is 10.2 Å². The third kappa shape index (κ3) is 2.40. The smallest absolute Gasteiger partial charge is 0.0594 e. The Labute approximate surface area is 197 Å². The van der Waals surface area contributed by atoms with Gasteiger partial charge in [0.05, 0.1) is 6.10 Å². The third-order valence-electron chi connectivity index (χ3n) is 14.1. The number of aliphatic hydroxyl groups is 2. The van der Waals surface area contributed by atoms with Gasteiger partial charge >= 0.3 is 0 Å². The van der Waals surface area contributed by atoms with Gasteiger partial charge in [0.15, 0.2) is 0 Å². The van der Waals surface area contributed by atoms with E-state index in [0.29, 0.717) is 40.6 Å². The molecule has 0 spiro atoms. The van der Waals surface area contributed by atoms with Crippen LogP contribution in [0.5, 0.6) is 0 Å². The van der Waals surface area contributed by atoms with Crippen molar-refractivity contribution in [3.63, 3.8) is 0 Å². The highest BCUT2D eigenvalue weighted by atomic mass is 16.3. The first kappa shape index (κ1) is 23.4. The fourth-order valence-electron chi connectivity index (χ4n) is 12.0. The fourth-order valence-corrected chi connectivity index (χ4v) is 12.0. The first-order valence-corrected chi connectivity index (χ1v) is 13.8. The molecule has 0 aliphatic heterocycles. The zero-order valence-electron chi connectivity index (χ0n) is 21.8. The lowest BCUT2D eigenvalue weighted by Crippen LogP contribution is -2.68. The quantitative estimate of drug-likeness (QED) is 0.452. The summed E-state index contributed by atoms with van der Waals surface area (Å²) in [6.45, 7) is 19.8. The summed E-state index contributed by atoms with van der Waals surface area (Å²) in [7, 11) is 0. The van der Waals surface area contributed by atoms with Gasteiger partial charge < -0.3 is 10.2 Å². The number of hydrogen-bond acceptors (Lipinski definition) is 2. The molecule has 2 heteroatoms. The van der Waals surface area contributed by atoms with Crippen molar-refractivity contribution in [2.75, 3.05) is 6.61 Å². The van der Waals surface area contributed by atoms with Crippen LogP contribution in [0.4, 0.5) is 0 Å². The maximum atomic E-state index is 10.9. The third-order valence-corrected chi connectivity index (χ3v) is 14.1. The molecular weight excluding hydrogens is 392 g/mol. The Balaban J connectivity index is 1.58. The van der Waals surface area contributed by atoms with Gasteiger partial charge in [-0.2, -0.15) is 0 Å². The molecule has 0 saturated heterocycles. The van der Waals surface area contributed by atoms with E-state index in [0.717, 1.165) is 12.3 Å². The van der Waals surface area contributed by atoms with Crippen LogP contribution < -0.4 is 0 Å². The Kier molecular flexibility index (Phi) is 5.02. The molecule has 0 aromatic heterocycles. The molecule has 5 rings (SSSR count). The van der Waals surface area contributed by atoms with E-state index in [2.05, 4.69) is 54.2 Å². The average molecular weight is 443 g/mol. The first-order valence-electron chi connectivity index (χ1n) is 13.8. The van der Waals surface area contributed by atoms with Gasteiger partial charge in [0.25, 0.3) is 0 Å². The molecule has 5 fully saturated rings. The second-order valence-electron chi connectivity index (χ2n) is 14.6. The molecule has 0 bridgehead atoms. The standard InChI is InChI=1S/C30H50O2/c1-8-20-11-16-30(19-31)18-17-28(6)23(29(20,30)7)10-9-22-26(4)14-13-24(32)25(2,3)21(26)12-15-27(22,28)5/h8,20-24,31-32H,1,9-19H2,2-7H3. The fraction of sp³-hybridized carbons (Fsp3) is 0.933. The molecule has 10 atom stereocenters. The van der Waals surface area contributed by atoms with E-state index in [1.165, 1.54) is 57.8 Å². The average Bonchev–Trinajstić information content (AvgIpc) is 3.04. The summed E-state index contributed by atoms with van der Waals surface area (Å²) in [4.78, 5) is 0. The van der Waals surface area contributed by atoms with Gasteiger partial charge in [0, 0.05) is 6.61 Å². The van der Waals surface area contributed by atoms with Crippen LogP contribution in [0.2, 0.25) is 0 Å². The number of hydrogen-bond donors (Lipinski definition) is 2. The molecule has 0 aromatic rings. The molecule has 0 amide bonds. The Morgan fingerprint density at radius 2 is 1.41 bits per heavy atom. The Morgan fingerprint density at radius 1 is 0.750 bits per heavy atom. The molecular formula is C30H50O2. The minimum atomic E-state index is -0.151. The lowest BCUT2D eigenvalue weighted by molar-refractivity contribution is -0.266. The first-order chi connectivity index (χ1) is 14.9. The summed E-state index contributed by atoms with van der Waals surface area (Å²) < 4.78 is 0. The maximum Gasteiger partial charge on any atom is 0.0594 e. The molecule has 2 N–H and O–H groups in total. The van der Waals surface area contributed by atoms with E-state index in [-0.39, 0.29) is 22.3 Å². The van der Waals surface area contributed by atoms with E-state index >= 15 is 0 Å². The van der Waals surface area contributed by atoms with Gasteiger partial charge in [-0.15, -0.1) is 6.58 Å². The zero-order valence-corrected chi connectivity index (χ0v) is 21.8. The summed E-state index contributed by atoms with van der Waals surface area (Å²) in [6, 6.07) is 0. The Hall–Kier alpha value is -0.340. The molecule has 5 aliphatic rings. The normalized spacial score (nSPS) is 58.8. The summed E-state index contributed by atoms with van der Waals surface area (Å²) >= 11 is 0.